The Kier molecular flexibility index (Phi) is 3.67. The van der Waals surface area contributed by atoms with Crippen LogP contribution in [0.25, 0.3) is 0 Å². The number of oxime groups is 1. The molecular formula is C8H13N5O2. The van der Waals surface area contributed by atoms with Crippen LogP contribution < -0.4 is 11.1 Å². The highest BCUT2D eigenvalue weighted by molar-refractivity contribution is 5.92. The molecule has 7 heteroatoms. The lowest BCUT2D eigenvalue weighted by atomic mass is 10.2. The second-order valence-electron chi connectivity index (χ2n) is 3.14. The molecule has 1 aromatic rings. The molecule has 0 spiro atoms. The largest absolute Gasteiger partial charge is 0.409 e. The second-order valence-corrected chi connectivity index (χ2v) is 3.14. The minimum absolute atomic E-state index is 0.0763. The number of carbonyl (C=O) groups excluding carboxylic acids is 1. The third-order valence-electron chi connectivity index (χ3n) is 1.77. The van der Waals surface area contributed by atoms with Gasteiger partial charge in [0, 0.05) is 18.7 Å². The summed E-state index contributed by atoms with van der Waals surface area (Å²) in [5.41, 5.74) is 5.67. The highest BCUT2D eigenvalue weighted by atomic mass is 16.4. The molecule has 0 bridgehead atoms. The molecule has 1 amide bonds. The van der Waals surface area contributed by atoms with E-state index in [1.54, 1.807) is 13.0 Å². The number of hydrogen-bond donors (Lipinski definition) is 4. The molecule has 1 aromatic heterocycles. The van der Waals surface area contributed by atoms with Crippen molar-refractivity contribution in [3.63, 3.8) is 0 Å². The summed E-state index contributed by atoms with van der Waals surface area (Å²) in [6, 6.07) is 1.35. The molecule has 1 heterocycles. The number of nitrogens with one attached hydrogen (secondary N) is 2. The number of H-pyrrole nitrogens is 1. The summed E-state index contributed by atoms with van der Waals surface area (Å²) in [6.45, 7) is 1.76. The van der Waals surface area contributed by atoms with E-state index in [0.29, 0.717) is 5.69 Å². The number of carbonyl (C=O) groups is 1. The van der Waals surface area contributed by atoms with E-state index in [1.807, 2.05) is 0 Å². The monoisotopic (exact) mass is 211 g/mol. The molecule has 0 aliphatic rings. The number of aromatic nitrogens is 2. The lowest BCUT2D eigenvalue weighted by Crippen LogP contribution is -2.36. The molecule has 0 radical (unpaired) electrons. The van der Waals surface area contributed by atoms with Crippen molar-refractivity contribution in [1.29, 1.82) is 0 Å². The van der Waals surface area contributed by atoms with Gasteiger partial charge in [0.2, 0.25) is 0 Å². The Balaban J connectivity index is 2.45. The van der Waals surface area contributed by atoms with Crippen LogP contribution in [0, 0.1) is 0 Å². The predicted molar refractivity (Wildman–Crippen MR) is 53.5 cm³/mol. The summed E-state index contributed by atoms with van der Waals surface area (Å²) >= 11 is 0. The van der Waals surface area contributed by atoms with Crippen LogP contribution in [0.5, 0.6) is 0 Å². The molecule has 0 fully saturated rings. The minimum atomic E-state index is -0.272. The maximum Gasteiger partial charge on any atom is 0.269 e. The SMILES string of the molecule is CC(CC(N)=NO)NC(=O)c1ccn[nH]1. The fraction of sp³-hybridized carbons (Fsp3) is 0.375. The summed E-state index contributed by atoms with van der Waals surface area (Å²) in [5, 5.41) is 20.0. The van der Waals surface area contributed by atoms with Gasteiger partial charge in [-0.1, -0.05) is 5.16 Å². The fourth-order valence-corrected chi connectivity index (χ4v) is 1.09. The number of nitrogens with two attached hydrogens (primary N) is 1. The molecule has 0 aromatic carbocycles. The fourth-order valence-electron chi connectivity index (χ4n) is 1.09. The third kappa shape index (κ3) is 3.29. The molecule has 0 aliphatic heterocycles. The van der Waals surface area contributed by atoms with E-state index in [0.717, 1.165) is 0 Å². The zero-order chi connectivity index (χ0) is 11.3. The normalized spacial score (nSPS) is 13.5. The molecule has 15 heavy (non-hydrogen) atoms. The molecule has 82 valence electrons. The van der Waals surface area contributed by atoms with Gasteiger partial charge in [-0.25, -0.2) is 0 Å². The number of hydrogen-bond acceptors (Lipinski definition) is 4. The van der Waals surface area contributed by atoms with Crippen molar-refractivity contribution < 1.29 is 10.0 Å². The summed E-state index contributed by atoms with van der Waals surface area (Å²) in [6.07, 6.45) is 1.78. The molecular weight excluding hydrogens is 198 g/mol. The third-order valence-corrected chi connectivity index (χ3v) is 1.77. The average molecular weight is 211 g/mol. The highest BCUT2D eigenvalue weighted by Crippen LogP contribution is 1.95. The van der Waals surface area contributed by atoms with Crippen LogP contribution >= 0.6 is 0 Å². The van der Waals surface area contributed by atoms with E-state index in [-0.39, 0.29) is 24.2 Å². The van der Waals surface area contributed by atoms with Gasteiger partial charge in [-0.15, -0.1) is 0 Å². The molecule has 1 rings (SSSR count). The Bertz CT molecular complexity index is 346. The van der Waals surface area contributed by atoms with Gasteiger partial charge < -0.3 is 16.3 Å². The zero-order valence-electron chi connectivity index (χ0n) is 8.27. The van der Waals surface area contributed by atoms with Gasteiger partial charge in [-0.05, 0) is 13.0 Å². The van der Waals surface area contributed by atoms with Gasteiger partial charge in [-0.3, -0.25) is 9.89 Å². The standard InChI is InChI=1S/C8H13N5O2/c1-5(4-7(9)13-15)11-8(14)6-2-3-10-12-6/h2-3,5,15H,4H2,1H3,(H2,9,13)(H,10,12)(H,11,14). The maximum atomic E-state index is 11.5. The van der Waals surface area contributed by atoms with E-state index in [4.69, 9.17) is 10.9 Å². The number of amidine groups is 1. The summed E-state index contributed by atoms with van der Waals surface area (Å²) in [7, 11) is 0. The van der Waals surface area contributed by atoms with Crippen molar-refractivity contribution in [3.8, 4) is 0 Å². The Morgan fingerprint density at radius 3 is 3.13 bits per heavy atom. The van der Waals surface area contributed by atoms with Crippen molar-refractivity contribution >= 4 is 11.7 Å². The Hall–Kier alpha value is -2.05. The molecule has 0 saturated carbocycles. The van der Waals surface area contributed by atoms with Gasteiger partial charge in [-0.2, -0.15) is 5.10 Å². The first-order chi connectivity index (χ1) is 7.13. The van der Waals surface area contributed by atoms with E-state index < -0.39 is 0 Å². The van der Waals surface area contributed by atoms with Gasteiger partial charge in [0.25, 0.3) is 5.91 Å². The van der Waals surface area contributed by atoms with E-state index in [2.05, 4.69) is 20.7 Å². The quantitative estimate of drug-likeness (QED) is 0.236. The van der Waals surface area contributed by atoms with Crippen molar-refractivity contribution in [1.82, 2.24) is 15.5 Å². The average Bonchev–Trinajstić information content (AvgIpc) is 2.70. The van der Waals surface area contributed by atoms with E-state index in [9.17, 15) is 4.79 Å². The van der Waals surface area contributed by atoms with Gasteiger partial charge in [0.1, 0.15) is 11.5 Å². The summed E-state index contributed by atoms with van der Waals surface area (Å²) in [4.78, 5) is 11.5. The van der Waals surface area contributed by atoms with Gasteiger partial charge >= 0.3 is 0 Å². The summed E-state index contributed by atoms with van der Waals surface area (Å²) in [5.74, 6) is -0.196. The topological polar surface area (TPSA) is 116 Å². The van der Waals surface area contributed by atoms with Crippen LogP contribution in [0.1, 0.15) is 23.8 Å². The highest BCUT2D eigenvalue weighted by Gasteiger charge is 2.11. The molecule has 1 atom stereocenters. The first-order valence-electron chi connectivity index (χ1n) is 4.40. The number of rotatable bonds is 4. The number of nitrogens with zero attached hydrogens (tertiary/aromatic N) is 2. The van der Waals surface area contributed by atoms with E-state index in [1.165, 1.54) is 6.20 Å². The summed E-state index contributed by atoms with van der Waals surface area (Å²) < 4.78 is 0. The number of amides is 1. The first-order valence-corrected chi connectivity index (χ1v) is 4.40. The van der Waals surface area contributed by atoms with Crippen molar-refractivity contribution in [2.24, 2.45) is 10.9 Å². The van der Waals surface area contributed by atoms with Crippen LogP contribution in [0.15, 0.2) is 17.4 Å². The van der Waals surface area contributed by atoms with Crippen LogP contribution in [-0.2, 0) is 0 Å². The lowest BCUT2D eigenvalue weighted by Gasteiger charge is -2.11. The minimum Gasteiger partial charge on any atom is -0.409 e. The lowest BCUT2D eigenvalue weighted by molar-refractivity contribution is 0.0936. The van der Waals surface area contributed by atoms with Crippen LogP contribution in [-0.4, -0.2) is 33.2 Å². The van der Waals surface area contributed by atoms with Crippen LogP contribution in [0.4, 0.5) is 0 Å². The Labute approximate surface area is 86.3 Å². The second kappa shape index (κ2) is 4.99. The van der Waals surface area contributed by atoms with Crippen molar-refractivity contribution in [2.45, 2.75) is 19.4 Å². The van der Waals surface area contributed by atoms with E-state index >= 15 is 0 Å². The zero-order valence-corrected chi connectivity index (χ0v) is 8.27. The Morgan fingerprint density at radius 1 is 1.87 bits per heavy atom. The first kappa shape index (κ1) is 11.0. The van der Waals surface area contributed by atoms with Crippen LogP contribution in [0.3, 0.4) is 0 Å². The smallest absolute Gasteiger partial charge is 0.269 e. The number of aromatic amines is 1. The molecule has 1 unspecified atom stereocenters. The van der Waals surface area contributed by atoms with Crippen molar-refractivity contribution in [3.05, 3.63) is 18.0 Å². The molecule has 0 aliphatic carbocycles. The Morgan fingerprint density at radius 2 is 2.60 bits per heavy atom. The predicted octanol–water partition coefficient (Wildman–Crippen LogP) is -0.336. The molecule has 7 nitrogen and oxygen atoms in total. The molecule has 0 saturated heterocycles. The maximum absolute atomic E-state index is 11.5. The van der Waals surface area contributed by atoms with Crippen LogP contribution in [0.2, 0.25) is 0 Å². The van der Waals surface area contributed by atoms with Gasteiger partial charge in [0.15, 0.2) is 0 Å². The molecule has 5 N–H and O–H groups in total. The van der Waals surface area contributed by atoms with Gasteiger partial charge in [0.05, 0.1) is 0 Å². The van der Waals surface area contributed by atoms with Crippen molar-refractivity contribution in [2.75, 3.05) is 0 Å².